The molecule has 0 aromatic rings. The second kappa shape index (κ2) is 2.94. The van der Waals surface area contributed by atoms with E-state index in [1.165, 1.54) is 0 Å². The first-order valence-corrected chi connectivity index (χ1v) is 4.29. The van der Waals surface area contributed by atoms with Gasteiger partial charge in [-0.25, -0.2) is 4.79 Å². The first kappa shape index (κ1) is 8.94. The Morgan fingerprint density at radius 1 is 1.43 bits per heavy atom. The second-order valence-corrected chi connectivity index (χ2v) is 3.40. The zero-order chi connectivity index (χ0) is 10.3. The minimum absolute atomic E-state index is 0.0206. The average Bonchev–Trinajstić information content (AvgIpc) is 2.42. The van der Waals surface area contributed by atoms with Gasteiger partial charge in [0.2, 0.25) is 0 Å². The predicted molar refractivity (Wildman–Crippen MR) is 49.9 cm³/mol. The molecule has 0 bridgehead atoms. The molecule has 3 nitrogen and oxygen atoms in total. The first-order chi connectivity index (χ1) is 6.59. The van der Waals surface area contributed by atoms with E-state index in [0.29, 0.717) is 11.5 Å². The van der Waals surface area contributed by atoms with E-state index >= 15 is 0 Å². The quantitative estimate of drug-likeness (QED) is 0.355. The standard InChI is InChI=1S/C11H9O3/c1-6(2)7-3-4-8-9(5-7)11(13)14-10(8)12/h3-5,7H,1H2,2H3. The summed E-state index contributed by atoms with van der Waals surface area (Å²) < 4.78 is 4.47. The van der Waals surface area contributed by atoms with Crippen LogP contribution in [-0.2, 0) is 14.3 Å². The Bertz CT molecular complexity index is 387. The molecular formula is C11H9O3. The number of hydrogen-bond acceptors (Lipinski definition) is 3. The Morgan fingerprint density at radius 2 is 2.14 bits per heavy atom. The van der Waals surface area contributed by atoms with Crippen LogP contribution in [0.1, 0.15) is 6.92 Å². The SMILES string of the molecule is C=C(C)C1C=C[C]2C(=O)OC(=O)C2=C1. The third-order valence-electron chi connectivity index (χ3n) is 2.30. The molecule has 0 aromatic heterocycles. The van der Waals surface area contributed by atoms with Gasteiger partial charge >= 0.3 is 11.9 Å². The van der Waals surface area contributed by atoms with Gasteiger partial charge in [-0.1, -0.05) is 30.4 Å². The molecule has 2 aliphatic rings. The van der Waals surface area contributed by atoms with Crippen molar-refractivity contribution in [2.75, 3.05) is 0 Å². The maximum Gasteiger partial charge on any atom is 0.342 e. The lowest BCUT2D eigenvalue weighted by Crippen LogP contribution is -2.10. The maximum absolute atomic E-state index is 11.2. The third kappa shape index (κ3) is 1.21. The molecule has 1 heterocycles. The normalized spacial score (nSPS) is 25.8. The predicted octanol–water partition coefficient (Wildman–Crippen LogP) is 1.33. The minimum atomic E-state index is -0.558. The Morgan fingerprint density at radius 3 is 2.79 bits per heavy atom. The summed E-state index contributed by atoms with van der Waals surface area (Å²) in [7, 11) is 0. The Balaban J connectivity index is 2.36. The molecular weight excluding hydrogens is 180 g/mol. The molecule has 0 saturated carbocycles. The number of allylic oxidation sites excluding steroid dienone is 3. The van der Waals surface area contributed by atoms with Crippen molar-refractivity contribution < 1.29 is 14.3 Å². The van der Waals surface area contributed by atoms with Crippen molar-refractivity contribution in [3.63, 3.8) is 0 Å². The zero-order valence-corrected chi connectivity index (χ0v) is 7.74. The highest BCUT2D eigenvalue weighted by Gasteiger charge is 2.40. The highest BCUT2D eigenvalue weighted by Crippen LogP contribution is 2.33. The van der Waals surface area contributed by atoms with Gasteiger partial charge in [0, 0.05) is 5.92 Å². The van der Waals surface area contributed by atoms with E-state index in [1.54, 1.807) is 12.2 Å². The van der Waals surface area contributed by atoms with Gasteiger partial charge < -0.3 is 4.74 Å². The van der Waals surface area contributed by atoms with Crippen LogP contribution < -0.4 is 0 Å². The number of fused-ring (bicyclic) bond motifs is 1. The van der Waals surface area contributed by atoms with Gasteiger partial charge in [0.05, 0.1) is 5.57 Å². The van der Waals surface area contributed by atoms with Crippen molar-refractivity contribution in [3.8, 4) is 0 Å². The summed E-state index contributed by atoms with van der Waals surface area (Å²) >= 11 is 0. The van der Waals surface area contributed by atoms with E-state index in [0.717, 1.165) is 5.57 Å². The molecule has 1 aliphatic heterocycles. The van der Waals surface area contributed by atoms with Crippen LogP contribution in [0.2, 0.25) is 0 Å². The van der Waals surface area contributed by atoms with Gasteiger partial charge in [0.1, 0.15) is 5.92 Å². The lowest BCUT2D eigenvalue weighted by atomic mass is 9.87. The molecule has 1 aliphatic carbocycles. The fourth-order valence-electron chi connectivity index (χ4n) is 1.47. The number of cyclic esters (lactones) is 2. The molecule has 3 heteroatoms. The third-order valence-corrected chi connectivity index (χ3v) is 2.30. The fourth-order valence-corrected chi connectivity index (χ4v) is 1.47. The number of rotatable bonds is 1. The summed E-state index contributed by atoms with van der Waals surface area (Å²) in [6.07, 6.45) is 5.17. The topological polar surface area (TPSA) is 43.4 Å². The van der Waals surface area contributed by atoms with Crippen LogP contribution in [0, 0.1) is 11.8 Å². The fraction of sp³-hybridized carbons (Fsp3) is 0.182. The van der Waals surface area contributed by atoms with Crippen molar-refractivity contribution in [2.45, 2.75) is 6.92 Å². The molecule has 1 saturated heterocycles. The summed E-state index contributed by atoms with van der Waals surface area (Å²) in [4.78, 5) is 22.3. The summed E-state index contributed by atoms with van der Waals surface area (Å²) in [5.74, 6) is -0.738. The average molecular weight is 189 g/mol. The smallest absolute Gasteiger partial charge is 0.342 e. The number of carbonyl (C=O) groups is 2. The van der Waals surface area contributed by atoms with Crippen LogP contribution in [0.15, 0.2) is 36.0 Å². The van der Waals surface area contributed by atoms with Gasteiger partial charge in [0.15, 0.2) is 0 Å². The molecule has 1 radical (unpaired) electrons. The maximum atomic E-state index is 11.2. The Hall–Kier alpha value is -1.64. The summed E-state index contributed by atoms with van der Waals surface area (Å²) in [5, 5.41) is 0. The van der Waals surface area contributed by atoms with E-state index in [4.69, 9.17) is 0 Å². The molecule has 0 amide bonds. The largest absolute Gasteiger partial charge is 0.389 e. The summed E-state index contributed by atoms with van der Waals surface area (Å²) in [5.41, 5.74) is 1.30. The lowest BCUT2D eigenvalue weighted by Gasteiger charge is -2.13. The molecule has 0 spiro atoms. The summed E-state index contributed by atoms with van der Waals surface area (Å²) in [6.45, 7) is 5.67. The molecule has 2 rings (SSSR count). The molecule has 1 unspecified atom stereocenters. The first-order valence-electron chi connectivity index (χ1n) is 4.29. The van der Waals surface area contributed by atoms with E-state index in [2.05, 4.69) is 11.3 Å². The van der Waals surface area contributed by atoms with E-state index in [9.17, 15) is 9.59 Å². The van der Waals surface area contributed by atoms with Crippen molar-refractivity contribution in [2.24, 2.45) is 5.92 Å². The van der Waals surface area contributed by atoms with Gasteiger partial charge in [-0.05, 0) is 6.92 Å². The van der Waals surface area contributed by atoms with Gasteiger partial charge in [-0.3, -0.25) is 4.79 Å². The molecule has 1 fully saturated rings. The zero-order valence-electron chi connectivity index (χ0n) is 7.74. The molecule has 1 atom stereocenters. The molecule has 14 heavy (non-hydrogen) atoms. The van der Waals surface area contributed by atoms with Crippen LogP contribution in [0.4, 0.5) is 0 Å². The van der Waals surface area contributed by atoms with Crippen molar-refractivity contribution in [1.82, 2.24) is 0 Å². The number of ether oxygens (including phenoxy) is 1. The lowest BCUT2D eigenvalue weighted by molar-refractivity contribution is -0.150. The van der Waals surface area contributed by atoms with Crippen molar-refractivity contribution >= 4 is 11.9 Å². The molecule has 0 aromatic carbocycles. The summed E-state index contributed by atoms with van der Waals surface area (Å²) in [6, 6.07) is 0. The van der Waals surface area contributed by atoms with Crippen LogP contribution in [0.3, 0.4) is 0 Å². The Kier molecular flexibility index (Phi) is 1.88. The highest BCUT2D eigenvalue weighted by molar-refractivity contribution is 6.17. The molecule has 71 valence electrons. The minimum Gasteiger partial charge on any atom is -0.389 e. The van der Waals surface area contributed by atoms with Crippen molar-refractivity contribution in [1.29, 1.82) is 0 Å². The van der Waals surface area contributed by atoms with Crippen LogP contribution in [0.5, 0.6) is 0 Å². The molecule has 0 N–H and O–H groups in total. The van der Waals surface area contributed by atoms with Gasteiger partial charge in [0.25, 0.3) is 0 Å². The number of carbonyl (C=O) groups excluding carboxylic acids is 2. The van der Waals surface area contributed by atoms with E-state index in [1.807, 2.05) is 13.0 Å². The Labute approximate surface area is 81.7 Å². The van der Waals surface area contributed by atoms with Crippen LogP contribution in [-0.4, -0.2) is 11.9 Å². The van der Waals surface area contributed by atoms with Gasteiger partial charge in [-0.2, -0.15) is 0 Å². The van der Waals surface area contributed by atoms with Crippen molar-refractivity contribution in [3.05, 3.63) is 41.9 Å². The highest BCUT2D eigenvalue weighted by atomic mass is 16.6. The van der Waals surface area contributed by atoms with Gasteiger partial charge in [-0.15, -0.1) is 0 Å². The van der Waals surface area contributed by atoms with E-state index in [-0.39, 0.29) is 5.92 Å². The number of esters is 2. The monoisotopic (exact) mass is 189 g/mol. The van der Waals surface area contributed by atoms with E-state index < -0.39 is 11.9 Å². The number of hydrogen-bond donors (Lipinski definition) is 0. The second-order valence-electron chi connectivity index (χ2n) is 3.40. The van der Waals surface area contributed by atoms with Crippen LogP contribution >= 0.6 is 0 Å². The van der Waals surface area contributed by atoms with Crippen LogP contribution in [0.25, 0.3) is 0 Å².